The minimum absolute atomic E-state index is 0.0574. The van der Waals surface area contributed by atoms with Crippen molar-refractivity contribution < 1.29 is 4.79 Å². The predicted molar refractivity (Wildman–Crippen MR) is 68.0 cm³/mol. The first-order valence-corrected chi connectivity index (χ1v) is 6.57. The maximum absolute atomic E-state index is 11.1. The summed E-state index contributed by atoms with van der Waals surface area (Å²) in [4.78, 5) is 12.1. The zero-order chi connectivity index (χ0) is 12.3. The number of carbonyl (C=O) groups excluding carboxylic acids is 1. The van der Waals surface area contributed by atoms with Gasteiger partial charge in [0, 0.05) is 17.9 Å². The van der Waals surface area contributed by atoms with Gasteiger partial charge in [0.2, 0.25) is 5.91 Å². The molecule has 88 valence electrons. The van der Waals surface area contributed by atoms with Crippen molar-refractivity contribution in [3.05, 3.63) is 23.8 Å². The average molecular weight is 247 g/mol. The van der Waals surface area contributed by atoms with Crippen LogP contribution in [-0.4, -0.2) is 24.7 Å². The SMILES string of the molecule is CSc1cccc(NC2CNC(=O)C2)c1C#N. The lowest BCUT2D eigenvalue weighted by Crippen LogP contribution is -2.22. The number of carbonyl (C=O) groups is 1. The monoisotopic (exact) mass is 247 g/mol. The molecule has 0 radical (unpaired) electrons. The summed E-state index contributed by atoms with van der Waals surface area (Å²) in [6.45, 7) is 0.618. The molecular formula is C12H13N3OS. The van der Waals surface area contributed by atoms with Crippen LogP contribution >= 0.6 is 11.8 Å². The van der Waals surface area contributed by atoms with Gasteiger partial charge in [-0.1, -0.05) is 6.07 Å². The summed E-state index contributed by atoms with van der Waals surface area (Å²) in [6.07, 6.45) is 2.41. The Morgan fingerprint density at radius 3 is 3.00 bits per heavy atom. The Balaban J connectivity index is 2.21. The van der Waals surface area contributed by atoms with Gasteiger partial charge in [0.05, 0.1) is 17.3 Å². The van der Waals surface area contributed by atoms with Gasteiger partial charge in [0.15, 0.2) is 0 Å². The molecule has 1 aliphatic heterocycles. The quantitative estimate of drug-likeness (QED) is 0.796. The number of amides is 1. The normalized spacial score (nSPS) is 18.6. The number of hydrogen-bond donors (Lipinski definition) is 2. The lowest BCUT2D eigenvalue weighted by molar-refractivity contribution is -0.119. The molecule has 1 fully saturated rings. The smallest absolute Gasteiger partial charge is 0.222 e. The van der Waals surface area contributed by atoms with Crippen molar-refractivity contribution in [2.45, 2.75) is 17.4 Å². The van der Waals surface area contributed by atoms with Crippen LogP contribution in [0.5, 0.6) is 0 Å². The van der Waals surface area contributed by atoms with Crippen LogP contribution < -0.4 is 10.6 Å². The van der Waals surface area contributed by atoms with Crippen LogP contribution in [0, 0.1) is 11.3 Å². The van der Waals surface area contributed by atoms with E-state index in [-0.39, 0.29) is 11.9 Å². The average Bonchev–Trinajstić information content (AvgIpc) is 2.74. The van der Waals surface area contributed by atoms with Crippen LogP contribution in [0.1, 0.15) is 12.0 Å². The van der Waals surface area contributed by atoms with E-state index in [1.807, 2.05) is 24.5 Å². The van der Waals surface area contributed by atoms with E-state index in [0.29, 0.717) is 18.5 Å². The van der Waals surface area contributed by atoms with Crippen molar-refractivity contribution in [3.63, 3.8) is 0 Å². The molecule has 1 atom stereocenters. The molecule has 1 aromatic rings. The van der Waals surface area contributed by atoms with Gasteiger partial charge < -0.3 is 10.6 Å². The van der Waals surface area contributed by atoms with Crippen LogP contribution in [0.3, 0.4) is 0 Å². The molecule has 4 nitrogen and oxygen atoms in total. The van der Waals surface area contributed by atoms with E-state index in [9.17, 15) is 10.1 Å². The lowest BCUT2D eigenvalue weighted by Gasteiger charge is -2.14. The van der Waals surface area contributed by atoms with E-state index in [1.54, 1.807) is 11.8 Å². The van der Waals surface area contributed by atoms with Crippen LogP contribution in [0.15, 0.2) is 23.1 Å². The molecular weight excluding hydrogens is 234 g/mol. The Morgan fingerprint density at radius 2 is 2.41 bits per heavy atom. The fourth-order valence-corrected chi connectivity index (χ4v) is 2.44. The van der Waals surface area contributed by atoms with Crippen LogP contribution in [0.4, 0.5) is 5.69 Å². The second kappa shape index (κ2) is 5.11. The van der Waals surface area contributed by atoms with Crippen LogP contribution in [-0.2, 0) is 4.79 Å². The number of benzene rings is 1. The molecule has 0 aromatic heterocycles. The molecule has 2 rings (SSSR count). The molecule has 1 aliphatic rings. The molecule has 1 saturated heterocycles. The van der Waals surface area contributed by atoms with Gasteiger partial charge in [-0.3, -0.25) is 4.79 Å². The summed E-state index contributed by atoms with van der Waals surface area (Å²) in [5.41, 5.74) is 1.46. The Kier molecular flexibility index (Phi) is 3.55. The third-order valence-corrected chi connectivity index (χ3v) is 3.48. The number of thioether (sulfide) groups is 1. The highest BCUT2D eigenvalue weighted by molar-refractivity contribution is 7.98. The number of hydrogen-bond acceptors (Lipinski definition) is 4. The van der Waals surface area contributed by atoms with Gasteiger partial charge in [0.1, 0.15) is 6.07 Å². The molecule has 0 aliphatic carbocycles. The maximum atomic E-state index is 11.1. The van der Waals surface area contributed by atoms with Gasteiger partial charge >= 0.3 is 0 Å². The zero-order valence-electron chi connectivity index (χ0n) is 9.49. The first-order valence-electron chi connectivity index (χ1n) is 5.35. The molecule has 1 heterocycles. The summed E-state index contributed by atoms with van der Waals surface area (Å²) in [7, 11) is 0. The first-order chi connectivity index (χ1) is 8.24. The standard InChI is InChI=1S/C12H13N3OS/c1-17-11-4-2-3-10(9(11)6-13)15-8-5-12(16)14-7-8/h2-4,8,15H,5,7H2,1H3,(H,14,16). The van der Waals surface area contributed by atoms with E-state index >= 15 is 0 Å². The van der Waals surface area contributed by atoms with Crippen LogP contribution in [0.2, 0.25) is 0 Å². The largest absolute Gasteiger partial charge is 0.379 e. The molecule has 17 heavy (non-hydrogen) atoms. The minimum Gasteiger partial charge on any atom is -0.379 e. The number of rotatable bonds is 3. The lowest BCUT2D eigenvalue weighted by atomic mass is 10.1. The van der Waals surface area contributed by atoms with Crippen molar-refractivity contribution in [2.24, 2.45) is 0 Å². The van der Waals surface area contributed by atoms with E-state index in [1.165, 1.54) is 0 Å². The third kappa shape index (κ3) is 2.53. The third-order valence-electron chi connectivity index (χ3n) is 2.69. The van der Waals surface area contributed by atoms with Gasteiger partial charge in [-0.2, -0.15) is 5.26 Å². The van der Waals surface area contributed by atoms with Gasteiger partial charge in [-0.25, -0.2) is 0 Å². The Bertz CT molecular complexity index is 481. The second-order valence-corrected chi connectivity index (χ2v) is 4.69. The highest BCUT2D eigenvalue weighted by Gasteiger charge is 2.22. The van der Waals surface area contributed by atoms with Gasteiger partial charge in [-0.15, -0.1) is 11.8 Å². The summed E-state index contributed by atoms with van der Waals surface area (Å²) in [5, 5.41) is 15.2. The van der Waals surface area contributed by atoms with Gasteiger partial charge in [-0.05, 0) is 18.4 Å². The molecule has 0 saturated carbocycles. The summed E-state index contributed by atoms with van der Waals surface area (Å²) in [5.74, 6) is 0.0574. The van der Waals surface area contributed by atoms with Crippen molar-refractivity contribution >= 4 is 23.4 Å². The summed E-state index contributed by atoms with van der Waals surface area (Å²) < 4.78 is 0. The van der Waals surface area contributed by atoms with E-state index in [2.05, 4.69) is 16.7 Å². The fourth-order valence-electron chi connectivity index (χ4n) is 1.86. The number of anilines is 1. The fraction of sp³-hybridized carbons (Fsp3) is 0.333. The number of nitrogens with one attached hydrogen (secondary N) is 2. The molecule has 2 N–H and O–H groups in total. The number of nitriles is 1. The topological polar surface area (TPSA) is 64.9 Å². The second-order valence-electron chi connectivity index (χ2n) is 3.84. The highest BCUT2D eigenvalue weighted by atomic mass is 32.2. The molecule has 0 spiro atoms. The molecule has 0 bridgehead atoms. The Hall–Kier alpha value is -1.67. The highest BCUT2D eigenvalue weighted by Crippen LogP contribution is 2.27. The van der Waals surface area contributed by atoms with Crippen molar-refractivity contribution in [2.75, 3.05) is 18.1 Å². The van der Waals surface area contributed by atoms with E-state index < -0.39 is 0 Å². The van der Waals surface area contributed by atoms with Crippen molar-refractivity contribution in [1.82, 2.24) is 5.32 Å². The van der Waals surface area contributed by atoms with E-state index in [4.69, 9.17) is 0 Å². The van der Waals surface area contributed by atoms with Crippen LogP contribution in [0.25, 0.3) is 0 Å². The maximum Gasteiger partial charge on any atom is 0.222 e. The van der Waals surface area contributed by atoms with Crippen molar-refractivity contribution in [1.29, 1.82) is 5.26 Å². The Labute approximate surface area is 104 Å². The Morgan fingerprint density at radius 1 is 1.59 bits per heavy atom. The summed E-state index contributed by atoms with van der Waals surface area (Å²) >= 11 is 1.55. The molecule has 1 unspecified atom stereocenters. The first kappa shape index (κ1) is 11.8. The summed E-state index contributed by atoms with van der Waals surface area (Å²) in [6, 6.07) is 8.00. The zero-order valence-corrected chi connectivity index (χ0v) is 10.3. The predicted octanol–water partition coefficient (Wildman–Crippen LogP) is 1.58. The van der Waals surface area contributed by atoms with E-state index in [0.717, 1.165) is 10.6 Å². The minimum atomic E-state index is 0.0574. The molecule has 1 amide bonds. The van der Waals surface area contributed by atoms with Gasteiger partial charge in [0.25, 0.3) is 0 Å². The molecule has 5 heteroatoms. The molecule has 1 aromatic carbocycles. The van der Waals surface area contributed by atoms with Crippen molar-refractivity contribution in [3.8, 4) is 6.07 Å². The number of nitrogens with zero attached hydrogens (tertiary/aromatic N) is 1.